The highest BCUT2D eigenvalue weighted by Crippen LogP contribution is 2.18. The maximum atomic E-state index is 12.2. The van der Waals surface area contributed by atoms with E-state index in [4.69, 9.17) is 4.42 Å². The van der Waals surface area contributed by atoms with Gasteiger partial charge in [0.25, 0.3) is 0 Å². The van der Waals surface area contributed by atoms with Crippen molar-refractivity contribution in [1.82, 2.24) is 20.0 Å². The molecule has 3 rings (SSSR count). The third-order valence-corrected chi connectivity index (χ3v) is 4.17. The largest absolute Gasteiger partial charge is 0.421 e. The minimum Gasteiger partial charge on any atom is -0.421 e. The van der Waals surface area contributed by atoms with Crippen LogP contribution in [0, 0.1) is 6.92 Å². The minimum atomic E-state index is 0.160. The van der Waals surface area contributed by atoms with Crippen molar-refractivity contribution in [2.45, 2.75) is 19.8 Å². The second kappa shape index (κ2) is 6.91. The number of aryl methyl sites for hydroxylation is 2. The molecule has 1 saturated heterocycles. The van der Waals surface area contributed by atoms with Crippen LogP contribution in [0.15, 0.2) is 28.7 Å². The molecule has 0 saturated carbocycles. The number of hydrogen-bond donors (Lipinski definition) is 0. The summed E-state index contributed by atoms with van der Waals surface area (Å²) in [5.74, 6) is 1.18. The number of aromatic nitrogens is 2. The van der Waals surface area contributed by atoms with E-state index in [9.17, 15) is 4.79 Å². The summed E-state index contributed by atoms with van der Waals surface area (Å²) in [5.41, 5.74) is 2.09. The molecule has 122 valence electrons. The molecule has 1 aromatic carbocycles. The number of benzene rings is 1. The van der Waals surface area contributed by atoms with Gasteiger partial charge in [-0.1, -0.05) is 17.7 Å². The Morgan fingerprint density at radius 2 is 1.83 bits per heavy atom. The maximum Gasteiger partial charge on any atom is 0.247 e. The molecular weight excluding hydrogens is 292 g/mol. The Labute approximate surface area is 136 Å². The average Bonchev–Trinajstić information content (AvgIpc) is 3.03. The average molecular weight is 314 g/mol. The van der Waals surface area contributed by atoms with Gasteiger partial charge in [0.05, 0.1) is 0 Å². The molecule has 0 unspecified atom stereocenters. The SMILES string of the molecule is Cc1ccc(-c2nnc(CCC(=O)N3CCN(C)CC3)o2)cc1. The number of likely N-dealkylation sites (N-methyl/N-ethyl adjacent to an activating group) is 1. The van der Waals surface area contributed by atoms with Gasteiger partial charge in [0.15, 0.2) is 0 Å². The lowest BCUT2D eigenvalue weighted by molar-refractivity contribution is -0.132. The first-order valence-electron chi connectivity index (χ1n) is 7.97. The quantitative estimate of drug-likeness (QED) is 0.860. The molecule has 1 amide bonds. The second-order valence-corrected chi connectivity index (χ2v) is 6.05. The molecule has 6 nitrogen and oxygen atoms in total. The normalized spacial score (nSPS) is 15.8. The molecule has 2 heterocycles. The van der Waals surface area contributed by atoms with Crippen molar-refractivity contribution in [3.8, 4) is 11.5 Å². The van der Waals surface area contributed by atoms with Crippen molar-refractivity contribution in [2.24, 2.45) is 0 Å². The van der Waals surface area contributed by atoms with E-state index in [0.29, 0.717) is 24.6 Å². The Kier molecular flexibility index (Phi) is 4.71. The number of carbonyl (C=O) groups excluding carboxylic acids is 1. The zero-order valence-corrected chi connectivity index (χ0v) is 13.7. The van der Waals surface area contributed by atoms with Crippen LogP contribution in [-0.4, -0.2) is 59.1 Å². The van der Waals surface area contributed by atoms with Crippen LogP contribution in [0.2, 0.25) is 0 Å². The molecule has 23 heavy (non-hydrogen) atoms. The van der Waals surface area contributed by atoms with Gasteiger partial charge >= 0.3 is 0 Å². The monoisotopic (exact) mass is 314 g/mol. The summed E-state index contributed by atoms with van der Waals surface area (Å²) < 4.78 is 5.66. The van der Waals surface area contributed by atoms with E-state index in [2.05, 4.69) is 22.1 Å². The topological polar surface area (TPSA) is 62.5 Å². The van der Waals surface area contributed by atoms with E-state index in [1.807, 2.05) is 36.1 Å². The van der Waals surface area contributed by atoms with Crippen molar-refractivity contribution < 1.29 is 9.21 Å². The number of piperazine rings is 1. The summed E-state index contributed by atoms with van der Waals surface area (Å²) in [4.78, 5) is 16.4. The van der Waals surface area contributed by atoms with Crippen LogP contribution in [-0.2, 0) is 11.2 Å². The lowest BCUT2D eigenvalue weighted by Crippen LogP contribution is -2.47. The number of amides is 1. The summed E-state index contributed by atoms with van der Waals surface area (Å²) in [6.45, 7) is 5.50. The van der Waals surface area contributed by atoms with E-state index in [0.717, 1.165) is 31.7 Å². The fourth-order valence-electron chi connectivity index (χ4n) is 2.60. The summed E-state index contributed by atoms with van der Waals surface area (Å²) in [6.07, 6.45) is 0.906. The predicted molar refractivity (Wildman–Crippen MR) is 86.9 cm³/mol. The summed E-state index contributed by atoms with van der Waals surface area (Å²) in [5, 5.41) is 8.12. The molecule has 1 fully saturated rings. The molecule has 1 aromatic heterocycles. The van der Waals surface area contributed by atoms with Gasteiger partial charge in [-0.05, 0) is 26.1 Å². The van der Waals surface area contributed by atoms with Crippen molar-refractivity contribution in [3.05, 3.63) is 35.7 Å². The fourth-order valence-corrected chi connectivity index (χ4v) is 2.60. The van der Waals surface area contributed by atoms with Gasteiger partial charge < -0.3 is 14.2 Å². The number of carbonyl (C=O) groups is 1. The molecular formula is C17H22N4O2. The smallest absolute Gasteiger partial charge is 0.247 e. The maximum absolute atomic E-state index is 12.2. The fraction of sp³-hybridized carbons (Fsp3) is 0.471. The van der Waals surface area contributed by atoms with Gasteiger partial charge in [0.2, 0.25) is 17.7 Å². The van der Waals surface area contributed by atoms with Crippen molar-refractivity contribution in [1.29, 1.82) is 0 Å². The van der Waals surface area contributed by atoms with Crippen molar-refractivity contribution >= 4 is 5.91 Å². The van der Waals surface area contributed by atoms with Gasteiger partial charge in [-0.25, -0.2) is 0 Å². The number of rotatable bonds is 4. The molecule has 1 aliphatic rings. The van der Waals surface area contributed by atoms with Crippen LogP contribution >= 0.6 is 0 Å². The summed E-state index contributed by atoms with van der Waals surface area (Å²) >= 11 is 0. The molecule has 0 radical (unpaired) electrons. The molecule has 2 aromatic rings. The molecule has 0 N–H and O–H groups in total. The van der Waals surface area contributed by atoms with Gasteiger partial charge in [0, 0.05) is 44.6 Å². The molecule has 0 spiro atoms. The summed E-state index contributed by atoms with van der Waals surface area (Å²) in [6, 6.07) is 7.94. The number of nitrogens with zero attached hydrogens (tertiary/aromatic N) is 4. The van der Waals surface area contributed by atoms with E-state index in [1.165, 1.54) is 5.56 Å². The Morgan fingerprint density at radius 3 is 2.52 bits per heavy atom. The van der Waals surface area contributed by atoms with Crippen LogP contribution in [0.3, 0.4) is 0 Å². The molecule has 0 bridgehead atoms. The minimum absolute atomic E-state index is 0.160. The lowest BCUT2D eigenvalue weighted by Gasteiger charge is -2.32. The first-order valence-corrected chi connectivity index (χ1v) is 7.97. The lowest BCUT2D eigenvalue weighted by atomic mass is 10.1. The Bertz CT molecular complexity index is 657. The Morgan fingerprint density at radius 1 is 1.13 bits per heavy atom. The highest BCUT2D eigenvalue weighted by molar-refractivity contribution is 5.76. The van der Waals surface area contributed by atoms with Gasteiger partial charge in [0.1, 0.15) is 0 Å². The zero-order chi connectivity index (χ0) is 16.2. The zero-order valence-electron chi connectivity index (χ0n) is 13.7. The Hall–Kier alpha value is -2.21. The van der Waals surface area contributed by atoms with Gasteiger partial charge in [-0.3, -0.25) is 4.79 Å². The first-order chi connectivity index (χ1) is 11.1. The molecule has 1 aliphatic heterocycles. The highest BCUT2D eigenvalue weighted by atomic mass is 16.4. The molecule has 0 atom stereocenters. The first kappa shape index (κ1) is 15.7. The van der Waals surface area contributed by atoms with Crippen LogP contribution < -0.4 is 0 Å². The van der Waals surface area contributed by atoms with Crippen LogP contribution in [0.5, 0.6) is 0 Å². The van der Waals surface area contributed by atoms with Gasteiger partial charge in [-0.2, -0.15) is 0 Å². The highest BCUT2D eigenvalue weighted by Gasteiger charge is 2.19. The van der Waals surface area contributed by atoms with E-state index in [-0.39, 0.29) is 5.91 Å². The van der Waals surface area contributed by atoms with Gasteiger partial charge in [-0.15, -0.1) is 10.2 Å². The van der Waals surface area contributed by atoms with Crippen LogP contribution in [0.25, 0.3) is 11.5 Å². The van der Waals surface area contributed by atoms with E-state index in [1.54, 1.807) is 0 Å². The van der Waals surface area contributed by atoms with E-state index >= 15 is 0 Å². The number of hydrogen-bond acceptors (Lipinski definition) is 5. The van der Waals surface area contributed by atoms with Crippen LogP contribution in [0.4, 0.5) is 0 Å². The standard InChI is InChI=1S/C17H22N4O2/c1-13-3-5-14(6-4-13)17-19-18-15(23-17)7-8-16(22)21-11-9-20(2)10-12-21/h3-6H,7-12H2,1-2H3. The Balaban J connectivity index is 1.55. The van der Waals surface area contributed by atoms with Crippen molar-refractivity contribution in [3.63, 3.8) is 0 Å². The van der Waals surface area contributed by atoms with Crippen molar-refractivity contribution in [2.75, 3.05) is 33.2 Å². The third-order valence-electron chi connectivity index (χ3n) is 4.17. The van der Waals surface area contributed by atoms with Crippen LogP contribution in [0.1, 0.15) is 17.9 Å². The molecule has 0 aliphatic carbocycles. The summed E-state index contributed by atoms with van der Waals surface area (Å²) in [7, 11) is 2.08. The second-order valence-electron chi connectivity index (χ2n) is 6.05. The van der Waals surface area contributed by atoms with E-state index < -0.39 is 0 Å². The molecule has 6 heteroatoms. The third kappa shape index (κ3) is 3.96. The predicted octanol–water partition coefficient (Wildman–Crippen LogP) is 1.75.